The molecular formula is C20H22F3N3O2S. The molecule has 0 saturated carbocycles. The third-order valence-electron chi connectivity index (χ3n) is 5.06. The highest BCUT2D eigenvalue weighted by Crippen LogP contribution is 2.35. The number of carbonyl (C=O) groups excluding carboxylic acids is 2. The quantitative estimate of drug-likeness (QED) is 0.762. The van der Waals surface area contributed by atoms with Crippen LogP contribution in [0.1, 0.15) is 40.7 Å². The van der Waals surface area contributed by atoms with Crippen LogP contribution in [0.4, 0.5) is 18.9 Å². The number of anilines is 1. The van der Waals surface area contributed by atoms with Crippen molar-refractivity contribution < 1.29 is 22.8 Å². The predicted molar refractivity (Wildman–Crippen MR) is 106 cm³/mol. The molecule has 0 fully saturated rings. The van der Waals surface area contributed by atoms with Crippen LogP contribution in [0, 0.1) is 0 Å². The molecule has 2 unspecified atom stereocenters. The van der Waals surface area contributed by atoms with Gasteiger partial charge in [-0.25, -0.2) is 0 Å². The predicted octanol–water partition coefficient (Wildman–Crippen LogP) is 3.99. The molecule has 0 saturated heterocycles. The van der Waals surface area contributed by atoms with E-state index < -0.39 is 12.1 Å². The maximum Gasteiger partial charge on any atom is 0.471 e. The van der Waals surface area contributed by atoms with Crippen LogP contribution >= 0.6 is 11.3 Å². The number of thiophene rings is 1. The average Bonchev–Trinajstić information content (AvgIpc) is 3.12. The lowest BCUT2D eigenvalue weighted by Crippen LogP contribution is -2.44. The lowest BCUT2D eigenvalue weighted by Gasteiger charge is -2.38. The molecule has 1 aromatic heterocycles. The number of nitrogens with one attached hydrogen (secondary N) is 2. The van der Waals surface area contributed by atoms with Crippen molar-refractivity contribution in [3.8, 4) is 0 Å². The average molecular weight is 425 g/mol. The first-order valence-corrected chi connectivity index (χ1v) is 10.1. The summed E-state index contributed by atoms with van der Waals surface area (Å²) in [6, 6.07) is 8.14. The summed E-state index contributed by atoms with van der Waals surface area (Å²) in [6.07, 6.45) is -3.97. The van der Waals surface area contributed by atoms with Crippen molar-refractivity contribution in [3.05, 3.63) is 51.7 Å². The Kier molecular flexibility index (Phi) is 6.28. The Morgan fingerprint density at radius 3 is 2.52 bits per heavy atom. The Hall–Kier alpha value is -2.39. The highest BCUT2D eigenvalue weighted by atomic mass is 32.1. The third kappa shape index (κ3) is 4.97. The van der Waals surface area contributed by atoms with Gasteiger partial charge in [0.2, 0.25) is 0 Å². The lowest BCUT2D eigenvalue weighted by atomic mass is 9.97. The van der Waals surface area contributed by atoms with Crippen molar-refractivity contribution >= 4 is 28.8 Å². The topological polar surface area (TPSA) is 61.4 Å². The highest BCUT2D eigenvalue weighted by molar-refractivity contribution is 7.10. The van der Waals surface area contributed by atoms with E-state index in [4.69, 9.17) is 0 Å². The molecule has 0 bridgehead atoms. The molecule has 1 aliphatic heterocycles. The fraction of sp³-hybridized carbons (Fsp3) is 0.400. The number of halogens is 3. The molecule has 2 atom stereocenters. The molecule has 2 amide bonds. The molecule has 156 valence electrons. The molecule has 0 radical (unpaired) electrons. The van der Waals surface area contributed by atoms with E-state index in [9.17, 15) is 22.8 Å². The van der Waals surface area contributed by atoms with Crippen molar-refractivity contribution in [2.24, 2.45) is 0 Å². The fourth-order valence-corrected chi connectivity index (χ4v) is 4.59. The second-order valence-corrected chi connectivity index (χ2v) is 8.01. The molecule has 2 N–H and O–H groups in total. The molecular weight excluding hydrogens is 403 g/mol. The van der Waals surface area contributed by atoms with E-state index in [2.05, 4.69) is 35.5 Å². The minimum atomic E-state index is -4.96. The second kappa shape index (κ2) is 8.54. The van der Waals surface area contributed by atoms with Crippen LogP contribution in [-0.2, 0) is 11.2 Å². The summed E-state index contributed by atoms with van der Waals surface area (Å²) in [4.78, 5) is 27.0. The van der Waals surface area contributed by atoms with Crippen LogP contribution in [0.15, 0.2) is 35.7 Å². The van der Waals surface area contributed by atoms with Gasteiger partial charge in [0.15, 0.2) is 0 Å². The molecule has 1 aromatic carbocycles. The van der Waals surface area contributed by atoms with Crippen molar-refractivity contribution in [1.29, 1.82) is 0 Å². The Labute approximate surface area is 170 Å². The number of hydrogen-bond donors (Lipinski definition) is 2. The van der Waals surface area contributed by atoms with E-state index in [1.807, 2.05) is 0 Å². The first-order chi connectivity index (χ1) is 13.7. The van der Waals surface area contributed by atoms with Gasteiger partial charge < -0.3 is 10.6 Å². The van der Waals surface area contributed by atoms with Gasteiger partial charge in [-0.1, -0.05) is 0 Å². The van der Waals surface area contributed by atoms with Gasteiger partial charge in [-0.2, -0.15) is 13.2 Å². The monoisotopic (exact) mass is 425 g/mol. The molecule has 5 nitrogen and oxygen atoms in total. The van der Waals surface area contributed by atoms with Crippen molar-refractivity contribution in [3.63, 3.8) is 0 Å². The van der Waals surface area contributed by atoms with E-state index in [-0.39, 0.29) is 11.6 Å². The van der Waals surface area contributed by atoms with E-state index in [0.29, 0.717) is 30.7 Å². The molecule has 9 heteroatoms. The zero-order valence-electron chi connectivity index (χ0n) is 16.0. The summed E-state index contributed by atoms with van der Waals surface area (Å²) in [5, 5.41) is 6.70. The third-order valence-corrected chi connectivity index (χ3v) is 6.19. The number of carbonyl (C=O) groups is 2. The van der Waals surface area contributed by atoms with Gasteiger partial charge >= 0.3 is 12.1 Å². The maximum absolute atomic E-state index is 12.3. The van der Waals surface area contributed by atoms with Crippen molar-refractivity contribution in [2.75, 3.05) is 18.4 Å². The summed E-state index contributed by atoms with van der Waals surface area (Å²) >= 11 is 1.75. The number of fused-ring (bicyclic) bond motifs is 1. The standard InChI is InChI=1S/C20H22F3N3O2S/c1-12-11-15-7-10-29-17(15)13(2)26(12)9-8-24-18(27)14-3-5-16(6-4-14)25-19(28)20(21,22)23/h3-7,10,12-13H,8-9,11H2,1-2H3,(H,24,27)(H,25,28). The number of amides is 2. The number of benzene rings is 1. The van der Waals surface area contributed by atoms with Gasteiger partial charge in [0.05, 0.1) is 0 Å². The Balaban J connectivity index is 1.51. The maximum atomic E-state index is 12.3. The molecule has 1 aliphatic rings. The van der Waals surface area contributed by atoms with Gasteiger partial charge in [0.25, 0.3) is 5.91 Å². The summed E-state index contributed by atoms with van der Waals surface area (Å²) < 4.78 is 36.8. The van der Waals surface area contributed by atoms with E-state index in [0.717, 1.165) is 6.42 Å². The fourth-order valence-electron chi connectivity index (χ4n) is 3.57. The first kappa shape index (κ1) is 21.3. The van der Waals surface area contributed by atoms with Crippen molar-refractivity contribution in [1.82, 2.24) is 10.2 Å². The minimum absolute atomic E-state index is 0.0217. The Morgan fingerprint density at radius 1 is 1.17 bits per heavy atom. The van der Waals surface area contributed by atoms with Crippen LogP contribution in [0.5, 0.6) is 0 Å². The normalized spacial score (nSPS) is 19.5. The second-order valence-electron chi connectivity index (χ2n) is 7.06. The SMILES string of the molecule is CC1Cc2ccsc2C(C)N1CCNC(=O)c1ccc(NC(=O)C(F)(F)F)cc1. The Bertz CT molecular complexity index is 880. The summed E-state index contributed by atoms with van der Waals surface area (Å²) in [5.74, 6) is -2.36. The van der Waals surface area contributed by atoms with E-state index in [1.165, 1.54) is 34.7 Å². The van der Waals surface area contributed by atoms with Gasteiger partial charge in [-0.3, -0.25) is 14.5 Å². The van der Waals surface area contributed by atoms with Gasteiger partial charge in [-0.15, -0.1) is 11.3 Å². The largest absolute Gasteiger partial charge is 0.471 e. The number of hydrogen-bond acceptors (Lipinski definition) is 4. The van der Waals surface area contributed by atoms with Crippen LogP contribution < -0.4 is 10.6 Å². The summed E-state index contributed by atoms with van der Waals surface area (Å²) in [7, 11) is 0. The van der Waals surface area contributed by atoms with Gasteiger partial charge in [0, 0.05) is 41.3 Å². The van der Waals surface area contributed by atoms with Crippen LogP contribution in [0.25, 0.3) is 0 Å². The first-order valence-electron chi connectivity index (χ1n) is 9.25. The van der Waals surface area contributed by atoms with Gasteiger partial charge in [-0.05, 0) is 61.5 Å². The minimum Gasteiger partial charge on any atom is -0.351 e. The van der Waals surface area contributed by atoms with E-state index in [1.54, 1.807) is 16.7 Å². The zero-order chi connectivity index (χ0) is 21.2. The van der Waals surface area contributed by atoms with Crippen LogP contribution in [0.2, 0.25) is 0 Å². The molecule has 3 rings (SSSR count). The number of alkyl halides is 3. The molecule has 29 heavy (non-hydrogen) atoms. The number of nitrogens with zero attached hydrogens (tertiary/aromatic N) is 1. The Morgan fingerprint density at radius 2 is 1.86 bits per heavy atom. The smallest absolute Gasteiger partial charge is 0.351 e. The number of rotatable bonds is 5. The lowest BCUT2D eigenvalue weighted by molar-refractivity contribution is -0.167. The summed E-state index contributed by atoms with van der Waals surface area (Å²) in [5.41, 5.74) is 1.69. The van der Waals surface area contributed by atoms with Crippen LogP contribution in [0.3, 0.4) is 0 Å². The molecule has 0 aliphatic carbocycles. The highest BCUT2D eigenvalue weighted by Gasteiger charge is 2.38. The van der Waals surface area contributed by atoms with Gasteiger partial charge in [0.1, 0.15) is 0 Å². The van der Waals surface area contributed by atoms with Crippen molar-refractivity contribution in [2.45, 2.75) is 38.5 Å². The summed E-state index contributed by atoms with van der Waals surface area (Å²) in [6.45, 7) is 5.50. The van der Waals surface area contributed by atoms with Crippen LogP contribution in [-0.4, -0.2) is 42.0 Å². The molecule has 2 heterocycles. The molecule has 0 spiro atoms. The zero-order valence-corrected chi connectivity index (χ0v) is 16.9. The molecule has 2 aromatic rings. The van der Waals surface area contributed by atoms with E-state index >= 15 is 0 Å².